The molecule has 0 fully saturated rings. The van der Waals surface area contributed by atoms with E-state index in [-0.39, 0.29) is 5.75 Å². The highest BCUT2D eigenvalue weighted by atomic mass is 19.4. The maximum atomic E-state index is 12.5. The molecule has 142 valence electrons. The molecule has 0 atom stereocenters. The SMILES string of the molecule is FC(F)(F)Oc1cccc(-c2cnc3ccc(NCc4ccncc4)nn23)c1. The van der Waals surface area contributed by atoms with Gasteiger partial charge in [0, 0.05) is 24.5 Å². The van der Waals surface area contributed by atoms with Crippen LogP contribution in [0.3, 0.4) is 0 Å². The number of fused-ring (bicyclic) bond motifs is 1. The number of hydrogen-bond acceptors (Lipinski definition) is 5. The highest BCUT2D eigenvalue weighted by Crippen LogP contribution is 2.28. The van der Waals surface area contributed by atoms with Crippen LogP contribution in [0.15, 0.2) is 67.1 Å². The second-order valence-electron chi connectivity index (χ2n) is 5.92. The molecule has 0 aliphatic carbocycles. The smallest absolute Gasteiger partial charge is 0.406 e. The van der Waals surface area contributed by atoms with Gasteiger partial charge in [-0.05, 0) is 42.0 Å². The summed E-state index contributed by atoms with van der Waals surface area (Å²) in [4.78, 5) is 8.23. The molecule has 0 aliphatic heterocycles. The van der Waals surface area contributed by atoms with Gasteiger partial charge in [-0.1, -0.05) is 12.1 Å². The molecule has 0 saturated carbocycles. The predicted molar refractivity (Wildman–Crippen MR) is 96.7 cm³/mol. The van der Waals surface area contributed by atoms with Crippen molar-refractivity contribution in [2.45, 2.75) is 12.9 Å². The molecule has 3 aromatic heterocycles. The summed E-state index contributed by atoms with van der Waals surface area (Å²) in [6, 6.07) is 13.1. The molecule has 6 nitrogen and oxygen atoms in total. The van der Waals surface area contributed by atoms with Gasteiger partial charge in [0.1, 0.15) is 11.6 Å². The molecule has 0 radical (unpaired) electrons. The molecule has 3 heterocycles. The Hall–Kier alpha value is -3.62. The molecule has 0 saturated heterocycles. The van der Waals surface area contributed by atoms with Crippen molar-refractivity contribution in [3.63, 3.8) is 0 Å². The fraction of sp³-hybridized carbons (Fsp3) is 0.105. The lowest BCUT2D eigenvalue weighted by Crippen LogP contribution is -2.17. The zero-order valence-electron chi connectivity index (χ0n) is 14.4. The summed E-state index contributed by atoms with van der Waals surface area (Å²) in [6.45, 7) is 0.556. The van der Waals surface area contributed by atoms with Crippen molar-refractivity contribution in [1.29, 1.82) is 0 Å². The van der Waals surface area contributed by atoms with Gasteiger partial charge in [-0.3, -0.25) is 4.98 Å². The van der Waals surface area contributed by atoms with E-state index in [0.29, 0.717) is 29.3 Å². The van der Waals surface area contributed by atoms with Crippen LogP contribution in [-0.2, 0) is 6.54 Å². The first-order valence-electron chi connectivity index (χ1n) is 8.32. The molecule has 0 aliphatic rings. The van der Waals surface area contributed by atoms with Gasteiger partial charge in [0.2, 0.25) is 0 Å². The number of aromatic nitrogens is 4. The van der Waals surface area contributed by atoms with Crippen LogP contribution >= 0.6 is 0 Å². The Morgan fingerprint density at radius 1 is 1.04 bits per heavy atom. The van der Waals surface area contributed by atoms with E-state index in [1.165, 1.54) is 18.2 Å². The molecular weight excluding hydrogens is 371 g/mol. The number of hydrogen-bond donors (Lipinski definition) is 1. The number of alkyl halides is 3. The normalized spacial score (nSPS) is 11.5. The third-order valence-corrected chi connectivity index (χ3v) is 3.95. The molecule has 0 amide bonds. The quantitative estimate of drug-likeness (QED) is 0.555. The largest absolute Gasteiger partial charge is 0.573 e. The highest BCUT2D eigenvalue weighted by Gasteiger charge is 2.31. The van der Waals surface area contributed by atoms with Crippen molar-refractivity contribution in [2.75, 3.05) is 5.32 Å². The number of benzene rings is 1. The summed E-state index contributed by atoms with van der Waals surface area (Å²) in [7, 11) is 0. The van der Waals surface area contributed by atoms with Crippen molar-refractivity contribution >= 4 is 11.5 Å². The highest BCUT2D eigenvalue weighted by molar-refractivity contribution is 5.65. The van der Waals surface area contributed by atoms with E-state index in [9.17, 15) is 13.2 Å². The van der Waals surface area contributed by atoms with E-state index < -0.39 is 6.36 Å². The fourth-order valence-corrected chi connectivity index (χ4v) is 2.71. The number of pyridine rings is 1. The Kier molecular flexibility index (Phi) is 4.56. The predicted octanol–water partition coefficient (Wildman–Crippen LogP) is 4.30. The number of nitrogens with zero attached hydrogens (tertiary/aromatic N) is 4. The molecule has 28 heavy (non-hydrogen) atoms. The van der Waals surface area contributed by atoms with E-state index in [4.69, 9.17) is 0 Å². The average Bonchev–Trinajstić information content (AvgIpc) is 3.09. The topological polar surface area (TPSA) is 64.3 Å². The summed E-state index contributed by atoms with van der Waals surface area (Å²) in [5.74, 6) is 0.304. The van der Waals surface area contributed by atoms with Gasteiger partial charge in [-0.25, -0.2) is 9.50 Å². The van der Waals surface area contributed by atoms with Crippen LogP contribution in [-0.4, -0.2) is 25.9 Å². The summed E-state index contributed by atoms with van der Waals surface area (Å²) >= 11 is 0. The Morgan fingerprint density at radius 3 is 2.64 bits per heavy atom. The molecular formula is C19H14F3N5O. The summed E-state index contributed by atoms with van der Waals surface area (Å²) in [6.07, 6.45) is 0.220. The number of anilines is 1. The number of rotatable bonds is 5. The lowest BCUT2D eigenvalue weighted by molar-refractivity contribution is -0.274. The van der Waals surface area contributed by atoms with Gasteiger partial charge in [-0.2, -0.15) is 0 Å². The minimum Gasteiger partial charge on any atom is -0.406 e. The Balaban J connectivity index is 1.62. The molecule has 0 spiro atoms. The van der Waals surface area contributed by atoms with Crippen molar-refractivity contribution < 1.29 is 17.9 Å². The Labute approximate surface area is 157 Å². The number of imidazole rings is 1. The molecule has 1 aromatic carbocycles. The van der Waals surface area contributed by atoms with E-state index in [1.54, 1.807) is 41.3 Å². The van der Waals surface area contributed by atoms with Gasteiger partial charge in [0.05, 0.1) is 11.9 Å². The Bertz CT molecular complexity index is 1100. The first-order valence-corrected chi connectivity index (χ1v) is 8.32. The minimum atomic E-state index is -4.75. The zero-order chi connectivity index (χ0) is 19.6. The van der Waals surface area contributed by atoms with Crippen LogP contribution in [0.4, 0.5) is 19.0 Å². The number of halogens is 3. The fourth-order valence-electron chi connectivity index (χ4n) is 2.71. The maximum Gasteiger partial charge on any atom is 0.573 e. The molecule has 1 N–H and O–H groups in total. The van der Waals surface area contributed by atoms with Crippen LogP contribution in [0.2, 0.25) is 0 Å². The lowest BCUT2D eigenvalue weighted by Gasteiger charge is -2.10. The van der Waals surface area contributed by atoms with Crippen molar-refractivity contribution in [3.8, 4) is 17.0 Å². The van der Waals surface area contributed by atoms with Crippen LogP contribution in [0.25, 0.3) is 16.9 Å². The Morgan fingerprint density at radius 2 is 1.86 bits per heavy atom. The minimum absolute atomic E-state index is 0.299. The lowest BCUT2D eigenvalue weighted by atomic mass is 10.1. The average molecular weight is 385 g/mol. The molecule has 0 bridgehead atoms. The molecule has 4 aromatic rings. The molecule has 4 rings (SSSR count). The third-order valence-electron chi connectivity index (χ3n) is 3.95. The van der Waals surface area contributed by atoms with E-state index in [1.807, 2.05) is 12.1 Å². The van der Waals surface area contributed by atoms with Gasteiger partial charge in [0.15, 0.2) is 5.65 Å². The maximum absolute atomic E-state index is 12.5. The first-order chi connectivity index (χ1) is 13.5. The summed E-state index contributed by atoms with van der Waals surface area (Å²) < 4.78 is 43.0. The molecule has 0 unspecified atom stereocenters. The van der Waals surface area contributed by atoms with Gasteiger partial charge >= 0.3 is 6.36 Å². The third kappa shape index (κ3) is 4.03. The van der Waals surface area contributed by atoms with Gasteiger partial charge in [-0.15, -0.1) is 18.3 Å². The first kappa shape index (κ1) is 17.8. The van der Waals surface area contributed by atoms with Crippen LogP contribution < -0.4 is 10.1 Å². The van der Waals surface area contributed by atoms with E-state index in [0.717, 1.165) is 5.56 Å². The number of nitrogens with one attached hydrogen (secondary N) is 1. The zero-order valence-corrected chi connectivity index (χ0v) is 14.4. The van der Waals surface area contributed by atoms with Crippen LogP contribution in [0, 0.1) is 0 Å². The van der Waals surface area contributed by atoms with Crippen LogP contribution in [0.1, 0.15) is 5.56 Å². The van der Waals surface area contributed by atoms with E-state index in [2.05, 4.69) is 25.1 Å². The van der Waals surface area contributed by atoms with Crippen molar-refractivity contribution in [3.05, 3.63) is 72.7 Å². The van der Waals surface area contributed by atoms with Crippen molar-refractivity contribution in [2.24, 2.45) is 0 Å². The second kappa shape index (κ2) is 7.18. The van der Waals surface area contributed by atoms with Crippen molar-refractivity contribution in [1.82, 2.24) is 19.6 Å². The second-order valence-corrected chi connectivity index (χ2v) is 5.92. The molecule has 9 heteroatoms. The summed E-state index contributed by atoms with van der Waals surface area (Å²) in [5, 5.41) is 7.70. The van der Waals surface area contributed by atoms with Crippen LogP contribution in [0.5, 0.6) is 5.75 Å². The van der Waals surface area contributed by atoms with E-state index >= 15 is 0 Å². The summed E-state index contributed by atoms with van der Waals surface area (Å²) in [5.41, 5.74) is 2.68. The monoisotopic (exact) mass is 385 g/mol. The number of ether oxygens (including phenoxy) is 1. The van der Waals surface area contributed by atoms with Gasteiger partial charge in [0.25, 0.3) is 0 Å². The van der Waals surface area contributed by atoms with Gasteiger partial charge < -0.3 is 10.1 Å². The standard InChI is InChI=1S/C19H14F3N5O/c20-19(21,22)28-15-3-1-2-14(10-15)16-12-25-18-5-4-17(26-27(16)18)24-11-13-6-8-23-9-7-13/h1-10,12H,11H2,(H,24,26).